The molecular formula is C14H15NOS. The van der Waals surface area contributed by atoms with E-state index in [1.54, 1.807) is 11.8 Å². The Morgan fingerprint density at radius 2 is 2.00 bits per heavy atom. The smallest absolute Gasteiger partial charge is 0.120 e. The largest absolute Gasteiger partial charge is 0.493 e. The van der Waals surface area contributed by atoms with Crippen LogP contribution in [0.25, 0.3) is 0 Å². The Hall–Kier alpha value is -1.48. The van der Waals surface area contributed by atoms with Gasteiger partial charge in [-0.15, -0.1) is 11.8 Å². The van der Waals surface area contributed by atoms with E-state index in [-0.39, 0.29) is 0 Å². The lowest BCUT2D eigenvalue weighted by Gasteiger charge is -2.07. The molecule has 1 heterocycles. The summed E-state index contributed by atoms with van der Waals surface area (Å²) in [5, 5.41) is 0. The van der Waals surface area contributed by atoms with Crippen LogP contribution >= 0.6 is 11.8 Å². The summed E-state index contributed by atoms with van der Waals surface area (Å²) in [7, 11) is 0. The van der Waals surface area contributed by atoms with Crippen molar-refractivity contribution in [2.75, 3.05) is 12.9 Å². The van der Waals surface area contributed by atoms with Gasteiger partial charge in [0, 0.05) is 23.7 Å². The van der Waals surface area contributed by atoms with Gasteiger partial charge in [0.25, 0.3) is 0 Å². The molecule has 0 aliphatic heterocycles. The van der Waals surface area contributed by atoms with E-state index in [0.717, 1.165) is 12.2 Å². The van der Waals surface area contributed by atoms with Crippen LogP contribution in [-0.4, -0.2) is 17.8 Å². The monoisotopic (exact) mass is 245 g/mol. The van der Waals surface area contributed by atoms with Crippen LogP contribution in [0.2, 0.25) is 0 Å². The average Bonchev–Trinajstić information content (AvgIpc) is 2.40. The first-order valence-electron chi connectivity index (χ1n) is 5.54. The van der Waals surface area contributed by atoms with Crippen molar-refractivity contribution >= 4 is 11.8 Å². The summed E-state index contributed by atoms with van der Waals surface area (Å²) < 4.78 is 5.72. The Labute approximate surface area is 106 Å². The molecule has 0 aliphatic carbocycles. The molecule has 2 rings (SSSR count). The maximum atomic E-state index is 5.72. The van der Waals surface area contributed by atoms with Crippen molar-refractivity contribution in [1.82, 2.24) is 4.98 Å². The Kier molecular flexibility index (Phi) is 4.45. The molecule has 0 saturated carbocycles. The van der Waals surface area contributed by atoms with Gasteiger partial charge in [-0.25, -0.2) is 0 Å². The Morgan fingerprint density at radius 3 is 2.76 bits per heavy atom. The van der Waals surface area contributed by atoms with Crippen LogP contribution in [0.15, 0.2) is 53.7 Å². The molecule has 1 aromatic carbocycles. The second-order valence-electron chi connectivity index (χ2n) is 3.63. The molecule has 0 saturated heterocycles. The summed E-state index contributed by atoms with van der Waals surface area (Å²) in [6.45, 7) is 0.696. The minimum Gasteiger partial charge on any atom is -0.493 e. The second kappa shape index (κ2) is 6.30. The Balaban J connectivity index is 1.86. The molecule has 0 bridgehead atoms. The molecule has 1 aromatic heterocycles. The third kappa shape index (κ3) is 3.79. The van der Waals surface area contributed by atoms with Gasteiger partial charge in [-0.3, -0.25) is 4.98 Å². The average molecular weight is 245 g/mol. The van der Waals surface area contributed by atoms with Gasteiger partial charge in [0.05, 0.1) is 6.61 Å². The maximum Gasteiger partial charge on any atom is 0.120 e. The van der Waals surface area contributed by atoms with E-state index in [9.17, 15) is 0 Å². The van der Waals surface area contributed by atoms with E-state index < -0.39 is 0 Å². The van der Waals surface area contributed by atoms with Gasteiger partial charge >= 0.3 is 0 Å². The first kappa shape index (κ1) is 12.0. The zero-order valence-electron chi connectivity index (χ0n) is 9.80. The van der Waals surface area contributed by atoms with Crippen molar-refractivity contribution in [3.8, 4) is 5.75 Å². The fourth-order valence-corrected chi connectivity index (χ4v) is 1.98. The molecule has 0 spiro atoms. The fraction of sp³-hybridized carbons (Fsp3) is 0.214. The highest BCUT2D eigenvalue weighted by molar-refractivity contribution is 7.98. The molecule has 0 N–H and O–H groups in total. The van der Waals surface area contributed by atoms with Crippen LogP contribution in [0.4, 0.5) is 0 Å². The first-order chi connectivity index (χ1) is 8.38. The van der Waals surface area contributed by atoms with Crippen molar-refractivity contribution in [2.24, 2.45) is 0 Å². The number of thioether (sulfide) groups is 1. The van der Waals surface area contributed by atoms with Crippen molar-refractivity contribution in [1.29, 1.82) is 0 Å². The molecule has 0 amide bonds. The summed E-state index contributed by atoms with van der Waals surface area (Å²) in [6, 6.07) is 12.2. The van der Waals surface area contributed by atoms with Gasteiger partial charge in [0.15, 0.2) is 0 Å². The molecule has 0 radical (unpaired) electrons. The number of benzene rings is 1. The zero-order valence-corrected chi connectivity index (χ0v) is 10.6. The van der Waals surface area contributed by atoms with Gasteiger partial charge in [-0.05, 0) is 42.2 Å². The van der Waals surface area contributed by atoms with E-state index in [2.05, 4.69) is 23.4 Å². The lowest BCUT2D eigenvalue weighted by atomic mass is 10.2. The predicted molar refractivity (Wildman–Crippen MR) is 71.7 cm³/mol. The number of rotatable bonds is 5. The predicted octanol–water partition coefficient (Wildman–Crippen LogP) is 3.43. The molecule has 0 fully saturated rings. The standard InChI is InChI=1S/C14H15NOS/c1-17-14-4-2-3-13(11-14)16-10-7-12-5-8-15-9-6-12/h2-6,8-9,11H,7,10H2,1H3. The van der Waals surface area contributed by atoms with E-state index >= 15 is 0 Å². The highest BCUT2D eigenvalue weighted by Gasteiger charge is 1.97. The summed E-state index contributed by atoms with van der Waals surface area (Å²) in [5.74, 6) is 0.936. The van der Waals surface area contributed by atoms with Crippen LogP contribution in [0.1, 0.15) is 5.56 Å². The summed E-state index contributed by atoms with van der Waals surface area (Å²) >= 11 is 1.72. The SMILES string of the molecule is CSc1cccc(OCCc2ccncc2)c1. The molecule has 0 atom stereocenters. The van der Waals surface area contributed by atoms with Crippen LogP contribution < -0.4 is 4.74 Å². The van der Waals surface area contributed by atoms with Crippen LogP contribution in [0.5, 0.6) is 5.75 Å². The lowest BCUT2D eigenvalue weighted by molar-refractivity contribution is 0.321. The number of aromatic nitrogens is 1. The quantitative estimate of drug-likeness (QED) is 0.753. The number of nitrogens with zero attached hydrogens (tertiary/aromatic N) is 1. The van der Waals surface area contributed by atoms with Crippen molar-refractivity contribution in [3.63, 3.8) is 0 Å². The normalized spacial score (nSPS) is 10.2. The van der Waals surface area contributed by atoms with Crippen LogP contribution in [0.3, 0.4) is 0 Å². The van der Waals surface area contributed by atoms with Crippen molar-refractivity contribution in [2.45, 2.75) is 11.3 Å². The maximum absolute atomic E-state index is 5.72. The summed E-state index contributed by atoms with van der Waals surface area (Å²) in [6.07, 6.45) is 6.59. The highest BCUT2D eigenvalue weighted by Crippen LogP contribution is 2.20. The van der Waals surface area contributed by atoms with Crippen molar-refractivity contribution < 1.29 is 4.74 Å². The van der Waals surface area contributed by atoms with E-state index in [0.29, 0.717) is 6.61 Å². The summed E-state index contributed by atoms with van der Waals surface area (Å²) in [4.78, 5) is 5.22. The van der Waals surface area contributed by atoms with E-state index in [1.807, 2.05) is 36.7 Å². The topological polar surface area (TPSA) is 22.1 Å². The Bertz CT molecular complexity index is 459. The van der Waals surface area contributed by atoms with Gasteiger partial charge in [0.1, 0.15) is 5.75 Å². The molecule has 88 valence electrons. The molecule has 2 nitrogen and oxygen atoms in total. The summed E-state index contributed by atoms with van der Waals surface area (Å²) in [5.41, 5.74) is 1.25. The van der Waals surface area contributed by atoms with E-state index in [4.69, 9.17) is 4.74 Å². The molecule has 17 heavy (non-hydrogen) atoms. The fourth-order valence-electron chi connectivity index (χ4n) is 1.53. The van der Waals surface area contributed by atoms with Gasteiger partial charge < -0.3 is 4.74 Å². The lowest BCUT2D eigenvalue weighted by Crippen LogP contribution is -2.01. The van der Waals surface area contributed by atoms with Crippen molar-refractivity contribution in [3.05, 3.63) is 54.4 Å². The zero-order chi connectivity index (χ0) is 11.9. The molecule has 0 aliphatic rings. The first-order valence-corrected chi connectivity index (χ1v) is 6.77. The molecule has 2 aromatic rings. The molecule has 0 unspecified atom stereocenters. The molecular weight excluding hydrogens is 230 g/mol. The highest BCUT2D eigenvalue weighted by atomic mass is 32.2. The minimum absolute atomic E-state index is 0.696. The third-order valence-corrected chi connectivity index (χ3v) is 3.18. The number of pyridine rings is 1. The third-order valence-electron chi connectivity index (χ3n) is 2.45. The number of ether oxygens (including phenoxy) is 1. The van der Waals surface area contributed by atoms with Crippen LogP contribution in [-0.2, 0) is 6.42 Å². The van der Waals surface area contributed by atoms with Gasteiger partial charge in [-0.2, -0.15) is 0 Å². The number of hydrogen-bond acceptors (Lipinski definition) is 3. The van der Waals surface area contributed by atoms with E-state index in [1.165, 1.54) is 10.5 Å². The van der Waals surface area contributed by atoms with Gasteiger partial charge in [-0.1, -0.05) is 6.07 Å². The molecule has 3 heteroatoms. The Morgan fingerprint density at radius 1 is 1.18 bits per heavy atom. The van der Waals surface area contributed by atoms with Gasteiger partial charge in [0.2, 0.25) is 0 Å². The number of hydrogen-bond donors (Lipinski definition) is 0. The minimum atomic E-state index is 0.696. The van der Waals surface area contributed by atoms with Crippen LogP contribution in [0, 0.1) is 0 Å². The second-order valence-corrected chi connectivity index (χ2v) is 4.51.